The molecule has 1 aliphatic carbocycles. The third-order valence-electron chi connectivity index (χ3n) is 4.84. The van der Waals surface area contributed by atoms with Crippen molar-refractivity contribution < 1.29 is 19.1 Å². The number of hydrogen-bond donors (Lipinski definition) is 2. The van der Waals surface area contributed by atoms with Crippen molar-refractivity contribution in [3.8, 4) is 0 Å². The molecule has 0 aliphatic heterocycles. The molecule has 23 heavy (non-hydrogen) atoms. The minimum atomic E-state index is -0.491. The molecule has 1 aromatic rings. The first-order valence-electron chi connectivity index (χ1n) is 8.21. The second-order valence-corrected chi connectivity index (χ2v) is 7.64. The van der Waals surface area contributed by atoms with Crippen molar-refractivity contribution in [2.24, 2.45) is 5.41 Å². The van der Waals surface area contributed by atoms with Gasteiger partial charge >= 0.3 is 0 Å². The quantitative estimate of drug-likeness (QED) is 0.873. The van der Waals surface area contributed by atoms with Gasteiger partial charge in [-0.3, -0.25) is 9.59 Å². The van der Waals surface area contributed by atoms with Gasteiger partial charge in [-0.05, 0) is 32.1 Å². The van der Waals surface area contributed by atoms with Crippen LogP contribution in [0.4, 0.5) is 0 Å². The van der Waals surface area contributed by atoms with Crippen molar-refractivity contribution >= 4 is 11.7 Å². The van der Waals surface area contributed by atoms with Crippen LogP contribution >= 0.6 is 0 Å². The van der Waals surface area contributed by atoms with Crippen molar-refractivity contribution in [1.29, 1.82) is 0 Å². The molecule has 1 atom stereocenters. The number of aliphatic hydroxyl groups is 1. The summed E-state index contributed by atoms with van der Waals surface area (Å²) in [5.41, 5.74) is 0.571. The van der Waals surface area contributed by atoms with E-state index in [9.17, 15) is 14.7 Å². The van der Waals surface area contributed by atoms with Gasteiger partial charge in [-0.1, -0.05) is 20.8 Å². The van der Waals surface area contributed by atoms with Gasteiger partial charge in [0.2, 0.25) is 0 Å². The van der Waals surface area contributed by atoms with E-state index in [2.05, 4.69) is 5.32 Å². The molecule has 0 saturated carbocycles. The molecule has 0 spiro atoms. The van der Waals surface area contributed by atoms with E-state index in [-0.39, 0.29) is 29.5 Å². The lowest BCUT2D eigenvalue weighted by Crippen LogP contribution is -2.46. The number of carbonyl (C=O) groups excluding carboxylic acids is 2. The number of rotatable bonds is 5. The lowest BCUT2D eigenvalue weighted by atomic mass is 9.76. The molecule has 128 valence electrons. The molecule has 0 aromatic carbocycles. The monoisotopic (exact) mass is 321 g/mol. The number of aliphatic hydroxyl groups excluding tert-OH is 1. The third kappa shape index (κ3) is 3.50. The summed E-state index contributed by atoms with van der Waals surface area (Å²) in [4.78, 5) is 25.0. The standard InChI is InChI=1S/C18H27NO4/c1-6-18(5,7-8-20)19-16(22)15-11(2)14-12(21)9-17(3,4)10-13(14)23-15/h20H,6-10H2,1-5H3,(H,19,22). The van der Waals surface area contributed by atoms with Crippen LogP contribution < -0.4 is 5.32 Å². The zero-order valence-electron chi connectivity index (χ0n) is 14.7. The summed E-state index contributed by atoms with van der Waals surface area (Å²) < 4.78 is 5.78. The largest absolute Gasteiger partial charge is 0.455 e. The smallest absolute Gasteiger partial charge is 0.287 e. The predicted molar refractivity (Wildman–Crippen MR) is 87.7 cm³/mol. The van der Waals surface area contributed by atoms with Gasteiger partial charge in [-0.25, -0.2) is 0 Å². The van der Waals surface area contributed by atoms with Gasteiger partial charge in [0, 0.05) is 30.6 Å². The van der Waals surface area contributed by atoms with Crippen molar-refractivity contribution in [3.63, 3.8) is 0 Å². The average Bonchev–Trinajstić information content (AvgIpc) is 2.74. The fraction of sp³-hybridized carbons (Fsp3) is 0.667. The second kappa shape index (κ2) is 6.11. The van der Waals surface area contributed by atoms with Crippen molar-refractivity contribution in [2.45, 2.75) is 65.8 Å². The zero-order valence-corrected chi connectivity index (χ0v) is 14.7. The highest BCUT2D eigenvalue weighted by Gasteiger charge is 2.37. The maximum Gasteiger partial charge on any atom is 0.287 e. The molecule has 2 rings (SSSR count). The van der Waals surface area contributed by atoms with Gasteiger partial charge in [0.15, 0.2) is 11.5 Å². The van der Waals surface area contributed by atoms with Gasteiger partial charge in [-0.15, -0.1) is 0 Å². The lowest BCUT2D eigenvalue weighted by molar-refractivity contribution is 0.0845. The fourth-order valence-electron chi connectivity index (χ4n) is 3.20. The van der Waals surface area contributed by atoms with E-state index in [1.54, 1.807) is 6.92 Å². The Balaban J connectivity index is 2.32. The lowest BCUT2D eigenvalue weighted by Gasteiger charge is -2.28. The topological polar surface area (TPSA) is 79.5 Å². The van der Waals surface area contributed by atoms with E-state index in [4.69, 9.17) is 4.42 Å². The number of ketones is 1. The fourth-order valence-corrected chi connectivity index (χ4v) is 3.20. The van der Waals surface area contributed by atoms with Crippen LogP contribution in [-0.2, 0) is 6.42 Å². The maximum absolute atomic E-state index is 12.6. The molecule has 0 radical (unpaired) electrons. The zero-order chi connectivity index (χ0) is 17.4. The Labute approximate surface area is 137 Å². The maximum atomic E-state index is 12.6. The summed E-state index contributed by atoms with van der Waals surface area (Å²) in [5, 5.41) is 12.1. The number of furan rings is 1. The van der Waals surface area contributed by atoms with Crippen molar-refractivity contribution in [1.82, 2.24) is 5.32 Å². The molecule has 1 aliphatic rings. The Bertz CT molecular complexity index is 629. The number of fused-ring (bicyclic) bond motifs is 1. The molecular weight excluding hydrogens is 294 g/mol. The summed E-state index contributed by atoms with van der Waals surface area (Å²) in [6.07, 6.45) is 2.30. The SMILES string of the molecule is CCC(C)(CCO)NC(=O)c1oc2c(c1C)C(=O)CC(C)(C)C2. The summed E-state index contributed by atoms with van der Waals surface area (Å²) in [6, 6.07) is 0. The molecule has 1 unspecified atom stereocenters. The summed E-state index contributed by atoms with van der Waals surface area (Å²) in [5.74, 6) is 0.568. The van der Waals surface area contributed by atoms with Crippen LogP contribution in [0.15, 0.2) is 4.42 Å². The molecule has 1 heterocycles. The molecular formula is C18H27NO4. The summed E-state index contributed by atoms with van der Waals surface area (Å²) in [6.45, 7) is 9.69. The van der Waals surface area contributed by atoms with E-state index >= 15 is 0 Å². The van der Waals surface area contributed by atoms with Crippen LogP contribution in [0.2, 0.25) is 0 Å². The molecule has 0 saturated heterocycles. The highest BCUT2D eigenvalue weighted by molar-refractivity contribution is 6.03. The van der Waals surface area contributed by atoms with E-state index in [0.717, 1.165) is 0 Å². The van der Waals surface area contributed by atoms with E-state index in [1.165, 1.54) is 0 Å². The Morgan fingerprint density at radius 2 is 2.04 bits per heavy atom. The van der Waals surface area contributed by atoms with Gasteiger partial charge in [-0.2, -0.15) is 0 Å². The van der Waals surface area contributed by atoms with Gasteiger partial charge < -0.3 is 14.8 Å². The van der Waals surface area contributed by atoms with Gasteiger partial charge in [0.05, 0.1) is 5.56 Å². The van der Waals surface area contributed by atoms with Crippen LogP contribution in [0, 0.1) is 12.3 Å². The van der Waals surface area contributed by atoms with Gasteiger partial charge in [0.25, 0.3) is 5.91 Å². The van der Waals surface area contributed by atoms with Crippen molar-refractivity contribution in [3.05, 3.63) is 22.6 Å². The summed E-state index contributed by atoms with van der Waals surface area (Å²) >= 11 is 0. The Hall–Kier alpha value is -1.62. The number of nitrogens with one attached hydrogen (secondary N) is 1. The first-order chi connectivity index (χ1) is 10.6. The van der Waals surface area contributed by atoms with Crippen LogP contribution in [0.1, 0.15) is 79.2 Å². The van der Waals surface area contributed by atoms with E-state index in [0.29, 0.717) is 42.6 Å². The van der Waals surface area contributed by atoms with Crippen LogP contribution in [0.25, 0.3) is 0 Å². The number of carbonyl (C=O) groups is 2. The Morgan fingerprint density at radius 3 is 2.61 bits per heavy atom. The Kier molecular flexibility index (Phi) is 4.71. The minimum absolute atomic E-state index is 0.00489. The highest BCUT2D eigenvalue weighted by atomic mass is 16.4. The molecule has 2 N–H and O–H groups in total. The van der Waals surface area contributed by atoms with Crippen LogP contribution in [0.3, 0.4) is 0 Å². The molecule has 0 fully saturated rings. The summed E-state index contributed by atoms with van der Waals surface area (Å²) in [7, 11) is 0. The number of amides is 1. The normalized spacial score (nSPS) is 19.1. The molecule has 1 amide bonds. The number of Topliss-reactive ketones (excluding diaryl/α,β-unsaturated/α-hetero) is 1. The van der Waals surface area contributed by atoms with E-state index in [1.807, 2.05) is 27.7 Å². The third-order valence-corrected chi connectivity index (χ3v) is 4.84. The van der Waals surface area contributed by atoms with Crippen LogP contribution in [0.5, 0.6) is 0 Å². The highest BCUT2D eigenvalue weighted by Crippen LogP contribution is 2.38. The van der Waals surface area contributed by atoms with Crippen molar-refractivity contribution in [2.75, 3.05) is 6.61 Å². The average molecular weight is 321 g/mol. The molecule has 5 nitrogen and oxygen atoms in total. The minimum Gasteiger partial charge on any atom is -0.455 e. The molecule has 1 aromatic heterocycles. The first-order valence-corrected chi connectivity index (χ1v) is 8.21. The number of hydrogen-bond acceptors (Lipinski definition) is 4. The first kappa shape index (κ1) is 17.7. The van der Waals surface area contributed by atoms with Crippen LogP contribution in [-0.4, -0.2) is 28.9 Å². The molecule has 5 heteroatoms. The second-order valence-electron chi connectivity index (χ2n) is 7.64. The predicted octanol–water partition coefficient (Wildman–Crippen LogP) is 3.02. The van der Waals surface area contributed by atoms with Gasteiger partial charge in [0.1, 0.15) is 5.76 Å². The van der Waals surface area contributed by atoms with E-state index < -0.39 is 5.54 Å². The molecule has 0 bridgehead atoms. The Morgan fingerprint density at radius 1 is 1.39 bits per heavy atom.